The van der Waals surface area contributed by atoms with Gasteiger partial charge in [-0.05, 0) is 41.7 Å². The first-order valence-corrected chi connectivity index (χ1v) is 6.99. The molecule has 0 amide bonds. The van der Waals surface area contributed by atoms with Crippen molar-refractivity contribution in [2.24, 2.45) is 0 Å². The van der Waals surface area contributed by atoms with Gasteiger partial charge in [0.05, 0.1) is 18.3 Å². The Morgan fingerprint density at radius 1 is 1.58 bits per heavy atom. The van der Waals surface area contributed by atoms with Crippen LogP contribution in [-0.4, -0.2) is 61.4 Å². The zero-order chi connectivity index (χ0) is 14.7. The first-order valence-electron chi connectivity index (χ1n) is 6.99. The van der Waals surface area contributed by atoms with E-state index < -0.39 is 5.54 Å². The van der Waals surface area contributed by atoms with Crippen LogP contribution >= 0.6 is 0 Å². The van der Waals surface area contributed by atoms with Gasteiger partial charge in [0, 0.05) is 19.6 Å². The zero-order valence-electron chi connectivity index (χ0n) is 13.1. The minimum absolute atomic E-state index is 0.173. The fourth-order valence-corrected chi connectivity index (χ4v) is 2.69. The molecule has 0 radical (unpaired) electrons. The van der Waals surface area contributed by atoms with Crippen LogP contribution in [-0.2, 0) is 14.3 Å². The van der Waals surface area contributed by atoms with Gasteiger partial charge >= 0.3 is 5.97 Å². The Hall–Kier alpha value is -0.650. The molecule has 112 valence electrons. The summed E-state index contributed by atoms with van der Waals surface area (Å²) in [6.07, 6.45) is 0.173. The van der Waals surface area contributed by atoms with Gasteiger partial charge in [-0.15, -0.1) is 0 Å². The van der Waals surface area contributed by atoms with Gasteiger partial charge in [-0.3, -0.25) is 9.69 Å². The minimum atomic E-state index is -0.677. The fraction of sp³-hybridized carbons (Fsp3) is 0.929. The van der Waals surface area contributed by atoms with E-state index in [0.717, 1.165) is 13.1 Å². The summed E-state index contributed by atoms with van der Waals surface area (Å²) in [5, 5.41) is 3.10. The Bertz CT molecular complexity index is 320. The van der Waals surface area contributed by atoms with Crippen LogP contribution in [0.15, 0.2) is 0 Å². The Morgan fingerprint density at radius 2 is 2.21 bits per heavy atom. The maximum Gasteiger partial charge on any atom is 0.327 e. The van der Waals surface area contributed by atoms with E-state index in [4.69, 9.17) is 9.47 Å². The predicted octanol–water partition coefficient (Wildman–Crippen LogP) is 1.03. The van der Waals surface area contributed by atoms with Gasteiger partial charge in [0.25, 0.3) is 0 Å². The van der Waals surface area contributed by atoms with Gasteiger partial charge in [0.2, 0.25) is 0 Å². The van der Waals surface area contributed by atoms with Crippen molar-refractivity contribution < 1.29 is 14.3 Å². The van der Waals surface area contributed by atoms with Crippen molar-refractivity contribution in [2.45, 2.75) is 51.9 Å². The van der Waals surface area contributed by atoms with E-state index in [1.54, 1.807) is 7.05 Å². The number of rotatable bonds is 5. The second-order valence-corrected chi connectivity index (χ2v) is 6.16. The maximum absolute atomic E-state index is 12.1. The number of hydrogen-bond donors (Lipinski definition) is 1. The van der Waals surface area contributed by atoms with Crippen LogP contribution in [0.5, 0.6) is 0 Å². The lowest BCUT2D eigenvalue weighted by atomic mass is 9.98. The van der Waals surface area contributed by atoms with Crippen LogP contribution in [0.4, 0.5) is 0 Å². The number of nitrogens with one attached hydrogen (secondary N) is 1. The number of ether oxygens (including phenoxy) is 2. The van der Waals surface area contributed by atoms with E-state index in [9.17, 15) is 4.79 Å². The highest BCUT2D eigenvalue weighted by Gasteiger charge is 2.39. The molecule has 1 N–H and O–H groups in total. The first-order chi connectivity index (χ1) is 8.72. The molecule has 5 heteroatoms. The normalized spacial score (nSPS) is 26.7. The summed E-state index contributed by atoms with van der Waals surface area (Å²) in [5.41, 5.74) is -0.857. The third-order valence-corrected chi connectivity index (χ3v) is 3.46. The number of esters is 1. The number of carbonyl (C=O) groups excluding carboxylic acids is 1. The number of hydrogen-bond acceptors (Lipinski definition) is 5. The number of carbonyl (C=O) groups is 1. The number of nitrogens with zero attached hydrogens (tertiary/aromatic N) is 1. The molecule has 5 nitrogen and oxygen atoms in total. The van der Waals surface area contributed by atoms with Gasteiger partial charge in [-0.2, -0.15) is 0 Å². The molecule has 19 heavy (non-hydrogen) atoms. The largest absolute Gasteiger partial charge is 0.465 e. The second kappa shape index (κ2) is 6.20. The molecule has 2 unspecified atom stereocenters. The van der Waals surface area contributed by atoms with Crippen LogP contribution in [0.3, 0.4) is 0 Å². The molecular formula is C14H28N2O3. The third-order valence-electron chi connectivity index (χ3n) is 3.46. The van der Waals surface area contributed by atoms with Crippen LogP contribution in [0.1, 0.15) is 34.6 Å². The molecule has 0 bridgehead atoms. The second-order valence-electron chi connectivity index (χ2n) is 6.16. The van der Waals surface area contributed by atoms with E-state index in [2.05, 4.69) is 31.0 Å². The van der Waals surface area contributed by atoms with E-state index >= 15 is 0 Å². The van der Waals surface area contributed by atoms with Crippen molar-refractivity contribution in [2.75, 3.05) is 33.3 Å². The summed E-state index contributed by atoms with van der Waals surface area (Å²) in [6.45, 7) is 12.6. The van der Waals surface area contributed by atoms with Crippen LogP contribution in [0, 0.1) is 0 Å². The van der Waals surface area contributed by atoms with Crippen molar-refractivity contribution in [3.63, 3.8) is 0 Å². The van der Waals surface area contributed by atoms with Crippen LogP contribution in [0.25, 0.3) is 0 Å². The topological polar surface area (TPSA) is 50.8 Å². The molecule has 1 fully saturated rings. The first kappa shape index (κ1) is 16.4. The molecule has 0 saturated carbocycles. The van der Waals surface area contributed by atoms with E-state index in [-0.39, 0.29) is 17.7 Å². The molecule has 1 saturated heterocycles. The zero-order valence-corrected chi connectivity index (χ0v) is 13.1. The van der Waals surface area contributed by atoms with Gasteiger partial charge in [-0.25, -0.2) is 0 Å². The van der Waals surface area contributed by atoms with Crippen molar-refractivity contribution in [1.29, 1.82) is 0 Å². The molecule has 0 aromatic carbocycles. The predicted molar refractivity (Wildman–Crippen MR) is 75.2 cm³/mol. The molecule has 0 aromatic heterocycles. The smallest absolute Gasteiger partial charge is 0.327 e. The summed E-state index contributed by atoms with van der Waals surface area (Å²) >= 11 is 0. The molecule has 1 aliphatic heterocycles. The summed E-state index contributed by atoms with van der Waals surface area (Å²) < 4.78 is 11.0. The highest BCUT2D eigenvalue weighted by atomic mass is 16.5. The highest BCUT2D eigenvalue weighted by molar-refractivity contribution is 5.80. The molecule has 0 aromatic rings. The van der Waals surface area contributed by atoms with Crippen LogP contribution in [0.2, 0.25) is 0 Å². The fourth-order valence-electron chi connectivity index (χ4n) is 2.69. The van der Waals surface area contributed by atoms with E-state index in [1.807, 2.05) is 13.8 Å². The summed E-state index contributed by atoms with van der Waals surface area (Å²) in [4.78, 5) is 14.3. The monoisotopic (exact) mass is 272 g/mol. The lowest BCUT2D eigenvalue weighted by Crippen LogP contribution is -2.61. The summed E-state index contributed by atoms with van der Waals surface area (Å²) in [5.74, 6) is -0.200. The highest BCUT2D eigenvalue weighted by Crippen LogP contribution is 2.22. The summed E-state index contributed by atoms with van der Waals surface area (Å²) in [6, 6.07) is 0. The SMILES string of the molecule is CCOC(=O)C(C)(CN1CC(C)OC(C)(C)C1)NC. The number of morpholine rings is 1. The van der Waals surface area contributed by atoms with Gasteiger partial charge < -0.3 is 14.8 Å². The Balaban J connectivity index is 2.72. The molecular weight excluding hydrogens is 244 g/mol. The standard InChI is InChI=1S/C14H28N2O3/c1-7-18-12(17)14(5,15-6)10-16-8-11(2)19-13(3,4)9-16/h11,15H,7-10H2,1-6H3. The van der Waals surface area contributed by atoms with Gasteiger partial charge in [0.1, 0.15) is 5.54 Å². The van der Waals surface area contributed by atoms with Crippen molar-refractivity contribution in [3.05, 3.63) is 0 Å². The average Bonchev–Trinajstić information content (AvgIpc) is 2.26. The molecule has 0 aliphatic carbocycles. The molecule has 1 heterocycles. The quantitative estimate of drug-likeness (QED) is 0.758. The number of likely N-dealkylation sites (N-methyl/N-ethyl adjacent to an activating group) is 1. The summed E-state index contributed by atoms with van der Waals surface area (Å²) in [7, 11) is 1.80. The third kappa shape index (κ3) is 4.44. The Kier molecular flexibility index (Phi) is 5.35. The Morgan fingerprint density at radius 3 is 2.68 bits per heavy atom. The van der Waals surface area contributed by atoms with Crippen molar-refractivity contribution in [1.82, 2.24) is 10.2 Å². The minimum Gasteiger partial charge on any atom is -0.465 e. The van der Waals surface area contributed by atoms with E-state index in [0.29, 0.717) is 13.2 Å². The lowest BCUT2D eigenvalue weighted by molar-refractivity contribution is -0.156. The lowest BCUT2D eigenvalue weighted by Gasteiger charge is -2.44. The van der Waals surface area contributed by atoms with Crippen LogP contribution < -0.4 is 5.32 Å². The molecule has 1 aliphatic rings. The maximum atomic E-state index is 12.1. The molecule has 1 rings (SSSR count). The molecule has 2 atom stereocenters. The average molecular weight is 272 g/mol. The van der Waals surface area contributed by atoms with Crippen molar-refractivity contribution >= 4 is 5.97 Å². The Labute approximate surface area is 116 Å². The van der Waals surface area contributed by atoms with Gasteiger partial charge in [0.15, 0.2) is 0 Å². The van der Waals surface area contributed by atoms with Crippen molar-refractivity contribution in [3.8, 4) is 0 Å². The molecule has 0 spiro atoms. The van der Waals surface area contributed by atoms with E-state index in [1.165, 1.54) is 0 Å². The van der Waals surface area contributed by atoms with Gasteiger partial charge in [-0.1, -0.05) is 0 Å².